The van der Waals surface area contributed by atoms with Gasteiger partial charge in [-0.25, -0.2) is 0 Å². The van der Waals surface area contributed by atoms with E-state index in [1.807, 2.05) is 25.1 Å². The number of carbonyl (C=O) groups is 1. The van der Waals surface area contributed by atoms with Gasteiger partial charge in [0.15, 0.2) is 11.5 Å². The Kier molecular flexibility index (Phi) is 5.39. The molecule has 1 N–H and O–H groups in total. The van der Waals surface area contributed by atoms with Gasteiger partial charge in [-0.1, -0.05) is 42.1 Å². The van der Waals surface area contributed by atoms with Gasteiger partial charge in [-0.3, -0.25) is 14.6 Å². The fourth-order valence-electron chi connectivity index (χ4n) is 2.73. The first-order valence-electron chi connectivity index (χ1n) is 8.95. The molecule has 0 atom stereocenters. The number of H-pyrrole nitrogens is 1. The van der Waals surface area contributed by atoms with E-state index in [0.29, 0.717) is 22.9 Å². The summed E-state index contributed by atoms with van der Waals surface area (Å²) < 4.78 is 6.83. The molecule has 146 valence electrons. The summed E-state index contributed by atoms with van der Waals surface area (Å²) in [6.45, 7) is 2.48. The molecule has 2 aromatic heterocycles. The molecule has 2 aromatic carbocycles. The summed E-state index contributed by atoms with van der Waals surface area (Å²) in [7, 11) is 0. The second-order valence-electron chi connectivity index (χ2n) is 6.06. The molecule has 0 spiro atoms. The summed E-state index contributed by atoms with van der Waals surface area (Å²) in [4.78, 5) is 27.5. The van der Waals surface area contributed by atoms with E-state index >= 15 is 0 Å². The van der Waals surface area contributed by atoms with Crippen molar-refractivity contribution >= 4 is 23.3 Å². The molecule has 0 radical (unpaired) electrons. The minimum absolute atomic E-state index is 0.0532. The Morgan fingerprint density at radius 2 is 1.86 bits per heavy atom. The highest BCUT2D eigenvalue weighted by Crippen LogP contribution is 2.19. The molecular weight excluding hydrogens is 390 g/mol. The Labute approximate surface area is 169 Å². The third-order valence-electron chi connectivity index (χ3n) is 4.12. The lowest BCUT2D eigenvalue weighted by molar-refractivity contribution is 0.102. The minimum atomic E-state index is -0.349. The molecule has 0 fully saturated rings. The number of hydrogen-bond acceptors (Lipinski definition) is 7. The number of ketones is 1. The summed E-state index contributed by atoms with van der Waals surface area (Å²) in [5, 5.41) is 12.8. The largest absolute Gasteiger partial charge is 0.494 e. The Morgan fingerprint density at radius 3 is 2.59 bits per heavy atom. The zero-order valence-electron chi connectivity index (χ0n) is 15.5. The monoisotopic (exact) mass is 407 g/mol. The number of fused-ring (bicyclic) bond motifs is 1. The van der Waals surface area contributed by atoms with Gasteiger partial charge in [0.1, 0.15) is 5.75 Å². The maximum atomic E-state index is 12.5. The molecule has 4 aromatic rings. The highest BCUT2D eigenvalue weighted by molar-refractivity contribution is 7.99. The quantitative estimate of drug-likeness (QED) is 0.371. The molecule has 29 heavy (non-hydrogen) atoms. The van der Waals surface area contributed by atoms with Crippen molar-refractivity contribution in [3.8, 4) is 17.0 Å². The molecule has 0 amide bonds. The number of nitrogens with one attached hydrogen (secondary N) is 1. The van der Waals surface area contributed by atoms with Gasteiger partial charge in [0, 0.05) is 11.1 Å². The van der Waals surface area contributed by atoms with Gasteiger partial charge >= 0.3 is 0 Å². The van der Waals surface area contributed by atoms with Crippen molar-refractivity contribution in [3.05, 3.63) is 70.5 Å². The summed E-state index contributed by atoms with van der Waals surface area (Å²) in [5.74, 6) is 1.06. The lowest BCUT2D eigenvalue weighted by Crippen LogP contribution is -2.15. The van der Waals surface area contributed by atoms with Crippen molar-refractivity contribution in [2.45, 2.75) is 12.1 Å². The van der Waals surface area contributed by atoms with Crippen molar-refractivity contribution < 1.29 is 9.53 Å². The van der Waals surface area contributed by atoms with Crippen LogP contribution in [0.5, 0.6) is 5.75 Å². The van der Waals surface area contributed by atoms with E-state index in [9.17, 15) is 9.59 Å². The molecule has 0 saturated carbocycles. The average molecular weight is 407 g/mol. The van der Waals surface area contributed by atoms with Crippen molar-refractivity contribution in [3.63, 3.8) is 0 Å². The van der Waals surface area contributed by atoms with Crippen LogP contribution in [0.25, 0.3) is 17.0 Å². The Morgan fingerprint density at radius 1 is 1.10 bits per heavy atom. The SMILES string of the molecule is CCOc1ccc(C(=O)CSc2nnc3[nH]c(=O)c(-c4ccccc4)nn23)cc1. The first-order chi connectivity index (χ1) is 14.2. The van der Waals surface area contributed by atoms with Crippen molar-refractivity contribution in [2.75, 3.05) is 12.4 Å². The lowest BCUT2D eigenvalue weighted by Gasteiger charge is -2.04. The van der Waals surface area contributed by atoms with E-state index in [0.717, 1.165) is 5.75 Å². The van der Waals surface area contributed by atoms with Crippen LogP contribution in [0.15, 0.2) is 64.5 Å². The third kappa shape index (κ3) is 4.04. The van der Waals surface area contributed by atoms with Crippen LogP contribution in [0.3, 0.4) is 0 Å². The number of nitrogens with zero attached hydrogens (tertiary/aromatic N) is 4. The lowest BCUT2D eigenvalue weighted by atomic mass is 10.1. The van der Waals surface area contributed by atoms with Crippen LogP contribution >= 0.6 is 11.8 Å². The number of carbonyl (C=O) groups excluding carboxylic acids is 1. The van der Waals surface area contributed by atoms with Gasteiger partial charge in [-0.15, -0.1) is 10.2 Å². The molecule has 0 aliphatic heterocycles. The van der Waals surface area contributed by atoms with Crippen LogP contribution in [0.1, 0.15) is 17.3 Å². The number of ether oxygens (including phenoxy) is 1. The standard InChI is InChI=1S/C20H17N5O3S/c1-2-28-15-10-8-13(9-11-15)16(26)12-29-20-23-22-19-21-18(27)17(24-25(19)20)14-6-4-3-5-7-14/h3-11H,2,12H2,1H3,(H,21,22,27). The minimum Gasteiger partial charge on any atom is -0.494 e. The van der Waals surface area contributed by atoms with Gasteiger partial charge in [0.25, 0.3) is 11.3 Å². The smallest absolute Gasteiger partial charge is 0.279 e. The van der Waals surface area contributed by atoms with Crippen LogP contribution in [0, 0.1) is 0 Å². The predicted molar refractivity (Wildman–Crippen MR) is 110 cm³/mol. The third-order valence-corrected chi connectivity index (χ3v) is 5.04. The number of aromatic nitrogens is 5. The van der Waals surface area contributed by atoms with Crippen LogP contribution in [-0.2, 0) is 0 Å². The molecule has 8 nitrogen and oxygen atoms in total. The highest BCUT2D eigenvalue weighted by Gasteiger charge is 2.15. The van der Waals surface area contributed by atoms with Crippen LogP contribution in [0.4, 0.5) is 0 Å². The van der Waals surface area contributed by atoms with Gasteiger partial charge in [0.2, 0.25) is 5.16 Å². The second kappa shape index (κ2) is 8.27. The molecule has 0 unspecified atom stereocenters. The van der Waals surface area contributed by atoms with E-state index in [1.165, 1.54) is 16.3 Å². The zero-order valence-corrected chi connectivity index (χ0v) is 16.3. The number of hydrogen-bond donors (Lipinski definition) is 1. The maximum Gasteiger partial charge on any atom is 0.279 e. The molecule has 9 heteroatoms. The summed E-state index contributed by atoms with van der Waals surface area (Å²) in [5.41, 5.74) is 1.18. The van der Waals surface area contributed by atoms with Gasteiger partial charge < -0.3 is 4.74 Å². The van der Waals surface area contributed by atoms with Crippen LogP contribution in [0.2, 0.25) is 0 Å². The summed E-state index contributed by atoms with van der Waals surface area (Å²) >= 11 is 1.21. The molecule has 0 bridgehead atoms. The van der Waals surface area contributed by atoms with E-state index in [-0.39, 0.29) is 28.6 Å². The van der Waals surface area contributed by atoms with E-state index < -0.39 is 0 Å². The highest BCUT2D eigenvalue weighted by atomic mass is 32.2. The fourth-order valence-corrected chi connectivity index (χ4v) is 3.51. The molecule has 0 aliphatic carbocycles. The zero-order chi connectivity index (χ0) is 20.2. The van der Waals surface area contributed by atoms with Crippen molar-refractivity contribution in [1.29, 1.82) is 0 Å². The number of thioether (sulfide) groups is 1. The molecule has 4 rings (SSSR count). The Balaban J connectivity index is 1.55. The summed E-state index contributed by atoms with van der Waals surface area (Å²) in [6.07, 6.45) is 0. The van der Waals surface area contributed by atoms with Crippen molar-refractivity contribution in [1.82, 2.24) is 24.8 Å². The van der Waals surface area contributed by atoms with E-state index in [4.69, 9.17) is 4.74 Å². The molecular formula is C20H17N5O3S. The van der Waals surface area contributed by atoms with Gasteiger partial charge in [-0.2, -0.15) is 9.61 Å². The van der Waals surface area contributed by atoms with E-state index in [2.05, 4.69) is 20.3 Å². The number of benzene rings is 2. The average Bonchev–Trinajstić information content (AvgIpc) is 3.14. The first kappa shape index (κ1) is 18.9. The molecule has 0 aliphatic rings. The first-order valence-corrected chi connectivity index (χ1v) is 9.94. The van der Waals surface area contributed by atoms with Gasteiger partial charge in [-0.05, 0) is 31.2 Å². The normalized spacial score (nSPS) is 10.9. The van der Waals surface area contributed by atoms with E-state index in [1.54, 1.807) is 36.4 Å². The Bertz CT molecular complexity index is 1200. The Hall–Kier alpha value is -3.46. The number of aromatic amines is 1. The van der Waals surface area contributed by atoms with Crippen LogP contribution < -0.4 is 10.3 Å². The van der Waals surface area contributed by atoms with Crippen LogP contribution in [-0.4, -0.2) is 42.9 Å². The predicted octanol–water partition coefficient (Wildman–Crippen LogP) is 2.85. The summed E-state index contributed by atoms with van der Waals surface area (Å²) in [6, 6.07) is 16.1. The molecule has 2 heterocycles. The number of Topliss-reactive ketones (excluding diaryl/α,β-unsaturated/α-hetero) is 1. The van der Waals surface area contributed by atoms with Crippen molar-refractivity contribution in [2.24, 2.45) is 0 Å². The fraction of sp³-hybridized carbons (Fsp3) is 0.150. The number of rotatable bonds is 7. The maximum absolute atomic E-state index is 12.5. The second-order valence-corrected chi connectivity index (χ2v) is 7.00. The topological polar surface area (TPSA) is 102 Å². The molecule has 0 saturated heterocycles. The van der Waals surface area contributed by atoms with Gasteiger partial charge in [0.05, 0.1) is 12.4 Å².